The lowest BCUT2D eigenvalue weighted by Gasteiger charge is -2.08. The molecular formula is C19H19NO4S3. The van der Waals surface area contributed by atoms with Gasteiger partial charge in [-0.2, -0.15) is 0 Å². The predicted octanol–water partition coefficient (Wildman–Crippen LogP) is 4.31. The van der Waals surface area contributed by atoms with Crippen LogP contribution in [-0.4, -0.2) is 20.8 Å². The van der Waals surface area contributed by atoms with E-state index in [1.807, 2.05) is 18.4 Å². The van der Waals surface area contributed by atoms with Gasteiger partial charge in [-0.05, 0) is 54.3 Å². The second-order valence-electron chi connectivity index (χ2n) is 5.72. The number of ketones is 1. The van der Waals surface area contributed by atoms with Crippen LogP contribution < -0.4 is 9.46 Å². The van der Waals surface area contributed by atoms with E-state index in [2.05, 4.69) is 4.72 Å². The average Bonchev–Trinajstić information content (AvgIpc) is 3.36. The normalized spacial score (nSPS) is 11.4. The van der Waals surface area contributed by atoms with Crippen LogP contribution in [0.4, 0.5) is 0 Å². The van der Waals surface area contributed by atoms with Crippen molar-refractivity contribution in [1.82, 2.24) is 4.72 Å². The van der Waals surface area contributed by atoms with E-state index in [0.29, 0.717) is 22.1 Å². The van der Waals surface area contributed by atoms with E-state index in [1.54, 1.807) is 30.3 Å². The Labute approximate surface area is 166 Å². The van der Waals surface area contributed by atoms with Gasteiger partial charge < -0.3 is 4.74 Å². The first-order valence-corrected chi connectivity index (χ1v) is 11.6. The number of thiophene rings is 2. The van der Waals surface area contributed by atoms with Crippen LogP contribution in [0.1, 0.15) is 32.8 Å². The number of benzene rings is 1. The maximum Gasteiger partial charge on any atom is 0.240 e. The Bertz CT molecular complexity index is 990. The molecule has 0 aliphatic carbocycles. The Balaban J connectivity index is 1.63. The highest BCUT2D eigenvalue weighted by Crippen LogP contribution is 2.23. The molecule has 1 N–H and O–H groups in total. The molecule has 142 valence electrons. The van der Waals surface area contributed by atoms with E-state index < -0.39 is 10.0 Å². The molecule has 8 heteroatoms. The van der Waals surface area contributed by atoms with E-state index in [4.69, 9.17) is 4.74 Å². The Hall–Kier alpha value is -2.00. The summed E-state index contributed by atoms with van der Waals surface area (Å²) in [5.74, 6) is 0.609. The molecule has 0 saturated carbocycles. The summed E-state index contributed by atoms with van der Waals surface area (Å²) in [6, 6.07) is 13.5. The van der Waals surface area contributed by atoms with Crippen molar-refractivity contribution >= 4 is 38.5 Å². The maximum absolute atomic E-state index is 12.4. The number of hydrogen-bond acceptors (Lipinski definition) is 6. The minimum atomic E-state index is -3.63. The third-order valence-corrected chi connectivity index (χ3v) is 7.04. The predicted molar refractivity (Wildman–Crippen MR) is 108 cm³/mol. The molecule has 5 nitrogen and oxygen atoms in total. The molecule has 2 aromatic heterocycles. The Morgan fingerprint density at radius 1 is 1.07 bits per heavy atom. The molecule has 1 aromatic carbocycles. The standard InChI is InChI=1S/C19H19NO4S3/c1-2-11-24-14-5-8-16(9-6-14)27(22,23)20-13-15-7-10-18(26-15)19(21)17-4-3-12-25-17/h3-10,12,20H,2,11,13H2,1H3. The Kier molecular flexibility index (Phi) is 6.43. The van der Waals surface area contributed by atoms with Gasteiger partial charge in [0.2, 0.25) is 15.8 Å². The highest BCUT2D eigenvalue weighted by atomic mass is 32.2. The van der Waals surface area contributed by atoms with Crippen LogP contribution >= 0.6 is 22.7 Å². The molecule has 0 atom stereocenters. The molecule has 0 spiro atoms. The quantitative estimate of drug-likeness (QED) is 0.523. The van der Waals surface area contributed by atoms with Crippen molar-refractivity contribution < 1.29 is 17.9 Å². The van der Waals surface area contributed by atoms with E-state index in [0.717, 1.165) is 11.3 Å². The van der Waals surface area contributed by atoms with Crippen LogP contribution in [0.2, 0.25) is 0 Å². The fraction of sp³-hybridized carbons (Fsp3) is 0.211. The highest BCUT2D eigenvalue weighted by molar-refractivity contribution is 7.89. The summed E-state index contributed by atoms with van der Waals surface area (Å²) in [6.45, 7) is 2.74. The number of nitrogens with one attached hydrogen (secondary N) is 1. The van der Waals surface area contributed by atoms with Crippen LogP contribution in [0.3, 0.4) is 0 Å². The molecule has 0 aliphatic heterocycles. The molecule has 3 aromatic rings. The molecule has 2 heterocycles. The summed E-state index contributed by atoms with van der Waals surface area (Å²) in [5.41, 5.74) is 0. The molecule has 0 radical (unpaired) electrons. The van der Waals surface area contributed by atoms with Crippen molar-refractivity contribution in [2.45, 2.75) is 24.8 Å². The fourth-order valence-electron chi connectivity index (χ4n) is 2.31. The van der Waals surface area contributed by atoms with E-state index in [1.165, 1.54) is 34.8 Å². The first-order valence-electron chi connectivity index (χ1n) is 8.39. The number of rotatable bonds is 9. The van der Waals surface area contributed by atoms with E-state index >= 15 is 0 Å². The number of carbonyl (C=O) groups excluding carboxylic acids is 1. The van der Waals surface area contributed by atoms with Crippen LogP contribution in [0.5, 0.6) is 5.75 Å². The minimum absolute atomic E-state index is 0.0354. The zero-order valence-electron chi connectivity index (χ0n) is 14.7. The van der Waals surface area contributed by atoms with Crippen molar-refractivity contribution in [2.75, 3.05) is 6.61 Å². The topological polar surface area (TPSA) is 72.5 Å². The van der Waals surface area contributed by atoms with Crippen LogP contribution in [0, 0.1) is 0 Å². The average molecular weight is 422 g/mol. The van der Waals surface area contributed by atoms with Gasteiger partial charge in [0.1, 0.15) is 5.75 Å². The molecule has 0 saturated heterocycles. The maximum atomic E-state index is 12.4. The molecule has 0 fully saturated rings. The third kappa shape index (κ3) is 5.04. The molecular weight excluding hydrogens is 402 g/mol. The van der Waals surface area contributed by atoms with Gasteiger partial charge in [-0.1, -0.05) is 13.0 Å². The third-order valence-electron chi connectivity index (χ3n) is 3.67. The number of hydrogen-bond donors (Lipinski definition) is 1. The van der Waals surface area contributed by atoms with E-state index in [9.17, 15) is 13.2 Å². The summed E-state index contributed by atoms with van der Waals surface area (Å²) in [6.07, 6.45) is 0.888. The summed E-state index contributed by atoms with van der Waals surface area (Å²) >= 11 is 2.69. The smallest absolute Gasteiger partial charge is 0.240 e. The number of carbonyl (C=O) groups is 1. The molecule has 27 heavy (non-hydrogen) atoms. The largest absolute Gasteiger partial charge is 0.494 e. The van der Waals surface area contributed by atoms with Crippen LogP contribution in [-0.2, 0) is 16.6 Å². The molecule has 0 bridgehead atoms. The molecule has 0 unspecified atom stereocenters. The van der Waals surface area contributed by atoms with Crippen molar-refractivity contribution in [1.29, 1.82) is 0 Å². The van der Waals surface area contributed by atoms with Crippen molar-refractivity contribution in [3.8, 4) is 5.75 Å². The minimum Gasteiger partial charge on any atom is -0.494 e. The Morgan fingerprint density at radius 3 is 2.52 bits per heavy atom. The molecule has 0 amide bonds. The highest BCUT2D eigenvalue weighted by Gasteiger charge is 2.16. The Morgan fingerprint density at radius 2 is 1.85 bits per heavy atom. The van der Waals surface area contributed by atoms with Gasteiger partial charge in [0.05, 0.1) is 21.3 Å². The van der Waals surface area contributed by atoms with Gasteiger partial charge in [0, 0.05) is 11.4 Å². The summed E-state index contributed by atoms with van der Waals surface area (Å²) in [7, 11) is -3.63. The zero-order valence-corrected chi connectivity index (χ0v) is 17.1. The lowest BCUT2D eigenvalue weighted by Crippen LogP contribution is -2.22. The second kappa shape index (κ2) is 8.79. The van der Waals surface area contributed by atoms with Gasteiger partial charge in [0.15, 0.2) is 0 Å². The SMILES string of the molecule is CCCOc1ccc(S(=O)(=O)NCc2ccc(C(=O)c3cccs3)s2)cc1. The summed E-state index contributed by atoms with van der Waals surface area (Å²) < 4.78 is 32.9. The molecule has 3 rings (SSSR count). The van der Waals surface area contributed by atoms with Gasteiger partial charge in [-0.3, -0.25) is 4.79 Å². The van der Waals surface area contributed by atoms with Crippen LogP contribution in [0.15, 0.2) is 58.8 Å². The lowest BCUT2D eigenvalue weighted by molar-refractivity contribution is 0.104. The van der Waals surface area contributed by atoms with Crippen LogP contribution in [0.25, 0.3) is 0 Å². The van der Waals surface area contributed by atoms with Gasteiger partial charge in [-0.15, -0.1) is 22.7 Å². The molecule has 0 aliphatic rings. The first kappa shape index (κ1) is 19.8. The van der Waals surface area contributed by atoms with E-state index in [-0.39, 0.29) is 17.2 Å². The van der Waals surface area contributed by atoms with Gasteiger partial charge in [0.25, 0.3) is 0 Å². The number of sulfonamides is 1. The monoisotopic (exact) mass is 421 g/mol. The first-order chi connectivity index (χ1) is 13.0. The summed E-state index contributed by atoms with van der Waals surface area (Å²) in [4.78, 5) is 14.6. The summed E-state index contributed by atoms with van der Waals surface area (Å²) in [5, 5.41) is 1.86. The second-order valence-corrected chi connectivity index (χ2v) is 9.60. The van der Waals surface area contributed by atoms with Gasteiger partial charge >= 0.3 is 0 Å². The van der Waals surface area contributed by atoms with Gasteiger partial charge in [-0.25, -0.2) is 13.1 Å². The van der Waals surface area contributed by atoms with Crippen molar-refractivity contribution in [2.24, 2.45) is 0 Å². The lowest BCUT2D eigenvalue weighted by atomic mass is 10.3. The van der Waals surface area contributed by atoms with Crippen molar-refractivity contribution in [3.63, 3.8) is 0 Å². The fourth-order valence-corrected chi connectivity index (χ4v) is 5.05. The van der Waals surface area contributed by atoms with Crippen molar-refractivity contribution in [3.05, 3.63) is 68.5 Å². The zero-order chi connectivity index (χ0) is 19.3. The number of ether oxygens (including phenoxy) is 1.